The number of thioether (sulfide) groups is 1. The first-order valence-electron chi connectivity index (χ1n) is 6.65. The number of aryl methyl sites for hydroxylation is 1. The molecule has 0 fully saturated rings. The summed E-state index contributed by atoms with van der Waals surface area (Å²) in [4.78, 5) is 0. The van der Waals surface area contributed by atoms with Crippen LogP contribution in [0.3, 0.4) is 0 Å². The van der Waals surface area contributed by atoms with E-state index in [-0.39, 0.29) is 0 Å². The lowest BCUT2D eigenvalue weighted by atomic mass is 10.1. The molecule has 0 aliphatic carbocycles. The minimum absolute atomic E-state index is 0.419. The van der Waals surface area contributed by atoms with Gasteiger partial charge in [-0.2, -0.15) is 11.8 Å². The van der Waals surface area contributed by atoms with Gasteiger partial charge in [0.05, 0.1) is 13.2 Å². The first-order valence-corrected chi connectivity index (χ1v) is 7.80. The van der Waals surface area contributed by atoms with Crippen molar-refractivity contribution in [3.63, 3.8) is 0 Å². The van der Waals surface area contributed by atoms with Gasteiger partial charge in [-0.1, -0.05) is 48.0 Å². The fourth-order valence-corrected chi connectivity index (χ4v) is 3.05. The molecule has 0 aliphatic heterocycles. The van der Waals surface area contributed by atoms with E-state index in [2.05, 4.69) is 13.0 Å². The minimum atomic E-state index is -0.419. The summed E-state index contributed by atoms with van der Waals surface area (Å²) in [5.74, 6) is 2.44. The lowest BCUT2D eigenvalue weighted by Gasteiger charge is -2.12. The second-order valence-electron chi connectivity index (χ2n) is 4.76. The highest BCUT2D eigenvalue weighted by Crippen LogP contribution is 2.26. The first kappa shape index (κ1) is 14.9. The fraction of sp³-hybridized carbons (Fsp3) is 0.294. The standard InChI is InChI=1S/C17H20O2S/c1-13-8-9-17(19-2)15(10-13)11-20-12-16(18)14-6-4-3-5-7-14/h3-10,16,18H,11-12H2,1-2H3. The van der Waals surface area contributed by atoms with Crippen LogP contribution >= 0.6 is 11.8 Å². The highest BCUT2D eigenvalue weighted by Gasteiger charge is 2.08. The Morgan fingerprint density at radius 1 is 1.15 bits per heavy atom. The molecule has 3 heteroatoms. The van der Waals surface area contributed by atoms with Crippen molar-refractivity contribution in [1.29, 1.82) is 0 Å². The summed E-state index contributed by atoms with van der Waals surface area (Å²) in [6.07, 6.45) is -0.419. The van der Waals surface area contributed by atoms with E-state index < -0.39 is 6.10 Å². The molecule has 0 saturated heterocycles. The fourth-order valence-electron chi connectivity index (χ4n) is 2.07. The number of benzene rings is 2. The van der Waals surface area contributed by atoms with Crippen molar-refractivity contribution in [3.05, 3.63) is 65.2 Å². The van der Waals surface area contributed by atoms with Gasteiger partial charge in [-0.15, -0.1) is 0 Å². The van der Waals surface area contributed by atoms with Crippen molar-refractivity contribution in [2.45, 2.75) is 18.8 Å². The SMILES string of the molecule is COc1ccc(C)cc1CSCC(O)c1ccccc1. The van der Waals surface area contributed by atoms with Gasteiger partial charge in [-0.05, 0) is 18.6 Å². The van der Waals surface area contributed by atoms with Crippen molar-refractivity contribution in [1.82, 2.24) is 0 Å². The summed E-state index contributed by atoms with van der Waals surface area (Å²) in [5, 5.41) is 10.1. The van der Waals surface area contributed by atoms with E-state index in [0.29, 0.717) is 5.75 Å². The molecule has 1 atom stereocenters. The van der Waals surface area contributed by atoms with Crippen LogP contribution in [0.5, 0.6) is 5.75 Å². The molecule has 0 spiro atoms. The average molecular weight is 288 g/mol. The van der Waals surface area contributed by atoms with E-state index in [4.69, 9.17) is 4.74 Å². The molecule has 106 valence electrons. The number of ether oxygens (including phenoxy) is 1. The van der Waals surface area contributed by atoms with Crippen LogP contribution < -0.4 is 4.74 Å². The highest BCUT2D eigenvalue weighted by atomic mass is 32.2. The van der Waals surface area contributed by atoms with Gasteiger partial charge < -0.3 is 9.84 Å². The summed E-state index contributed by atoms with van der Waals surface area (Å²) >= 11 is 1.72. The molecule has 20 heavy (non-hydrogen) atoms. The van der Waals surface area contributed by atoms with Crippen molar-refractivity contribution in [2.75, 3.05) is 12.9 Å². The lowest BCUT2D eigenvalue weighted by molar-refractivity contribution is 0.204. The predicted octanol–water partition coefficient (Wildman–Crippen LogP) is 3.97. The predicted molar refractivity (Wildman–Crippen MR) is 85.3 cm³/mol. The summed E-state index contributed by atoms with van der Waals surface area (Å²) in [6, 6.07) is 16.0. The molecule has 0 radical (unpaired) electrons. The zero-order valence-electron chi connectivity index (χ0n) is 11.9. The number of aliphatic hydroxyl groups excluding tert-OH is 1. The van der Waals surface area contributed by atoms with Gasteiger partial charge in [0.2, 0.25) is 0 Å². The molecule has 0 saturated carbocycles. The smallest absolute Gasteiger partial charge is 0.122 e. The minimum Gasteiger partial charge on any atom is -0.496 e. The van der Waals surface area contributed by atoms with Gasteiger partial charge >= 0.3 is 0 Å². The van der Waals surface area contributed by atoms with E-state index in [1.807, 2.05) is 42.5 Å². The Kier molecular flexibility index (Phi) is 5.50. The maximum absolute atomic E-state index is 10.1. The Balaban J connectivity index is 1.91. The Labute approximate surface area is 124 Å². The topological polar surface area (TPSA) is 29.5 Å². The number of methoxy groups -OCH3 is 1. The molecular formula is C17H20O2S. The van der Waals surface area contributed by atoms with Crippen LogP contribution in [0.1, 0.15) is 22.8 Å². The van der Waals surface area contributed by atoms with Crippen LogP contribution in [0, 0.1) is 6.92 Å². The van der Waals surface area contributed by atoms with E-state index in [0.717, 1.165) is 17.1 Å². The van der Waals surface area contributed by atoms with Crippen molar-refractivity contribution in [2.24, 2.45) is 0 Å². The van der Waals surface area contributed by atoms with Gasteiger partial charge in [0, 0.05) is 17.1 Å². The molecule has 0 heterocycles. The lowest BCUT2D eigenvalue weighted by Crippen LogP contribution is -2.01. The molecule has 2 aromatic rings. The summed E-state index contributed by atoms with van der Waals surface area (Å²) in [5.41, 5.74) is 3.37. The molecule has 0 bridgehead atoms. The Morgan fingerprint density at radius 2 is 1.90 bits per heavy atom. The molecular weight excluding hydrogens is 268 g/mol. The van der Waals surface area contributed by atoms with Crippen LogP contribution in [0.25, 0.3) is 0 Å². The third-order valence-electron chi connectivity index (χ3n) is 3.15. The largest absolute Gasteiger partial charge is 0.496 e. The van der Waals surface area contributed by atoms with Crippen LogP contribution in [0.2, 0.25) is 0 Å². The summed E-state index contributed by atoms with van der Waals surface area (Å²) < 4.78 is 5.37. The summed E-state index contributed by atoms with van der Waals surface area (Å²) in [7, 11) is 1.69. The molecule has 2 rings (SSSR count). The zero-order valence-corrected chi connectivity index (χ0v) is 12.7. The quantitative estimate of drug-likeness (QED) is 0.872. The third kappa shape index (κ3) is 4.02. The van der Waals surface area contributed by atoms with E-state index >= 15 is 0 Å². The van der Waals surface area contributed by atoms with Crippen molar-refractivity contribution >= 4 is 11.8 Å². The van der Waals surface area contributed by atoms with Gasteiger partial charge in [-0.3, -0.25) is 0 Å². The van der Waals surface area contributed by atoms with Gasteiger partial charge in [0.1, 0.15) is 5.75 Å². The molecule has 1 unspecified atom stereocenters. The molecule has 0 aliphatic rings. The Bertz CT molecular complexity index is 540. The molecule has 0 aromatic heterocycles. The number of hydrogen-bond donors (Lipinski definition) is 1. The van der Waals surface area contributed by atoms with Gasteiger partial charge in [0.15, 0.2) is 0 Å². The van der Waals surface area contributed by atoms with Crippen LogP contribution in [0.15, 0.2) is 48.5 Å². The molecule has 0 amide bonds. The second kappa shape index (κ2) is 7.36. The zero-order chi connectivity index (χ0) is 14.4. The van der Waals surface area contributed by atoms with Crippen molar-refractivity contribution < 1.29 is 9.84 Å². The molecule has 2 nitrogen and oxygen atoms in total. The molecule has 1 N–H and O–H groups in total. The molecule has 2 aromatic carbocycles. The Morgan fingerprint density at radius 3 is 2.60 bits per heavy atom. The van der Waals surface area contributed by atoms with Crippen LogP contribution in [-0.2, 0) is 5.75 Å². The number of hydrogen-bond acceptors (Lipinski definition) is 3. The number of aliphatic hydroxyl groups is 1. The van der Waals surface area contributed by atoms with Gasteiger partial charge in [0.25, 0.3) is 0 Å². The van der Waals surface area contributed by atoms with Crippen LogP contribution in [-0.4, -0.2) is 18.0 Å². The second-order valence-corrected chi connectivity index (χ2v) is 5.79. The van der Waals surface area contributed by atoms with E-state index in [1.54, 1.807) is 18.9 Å². The third-order valence-corrected chi connectivity index (χ3v) is 4.22. The van der Waals surface area contributed by atoms with Crippen LogP contribution in [0.4, 0.5) is 0 Å². The monoisotopic (exact) mass is 288 g/mol. The summed E-state index contributed by atoms with van der Waals surface area (Å²) in [6.45, 7) is 2.08. The Hall–Kier alpha value is -1.45. The first-order chi connectivity index (χ1) is 9.70. The van der Waals surface area contributed by atoms with Gasteiger partial charge in [-0.25, -0.2) is 0 Å². The van der Waals surface area contributed by atoms with E-state index in [9.17, 15) is 5.11 Å². The van der Waals surface area contributed by atoms with Crippen molar-refractivity contribution in [3.8, 4) is 5.75 Å². The van der Waals surface area contributed by atoms with E-state index in [1.165, 1.54) is 11.1 Å². The highest BCUT2D eigenvalue weighted by molar-refractivity contribution is 7.98. The maximum Gasteiger partial charge on any atom is 0.122 e. The average Bonchev–Trinajstić information content (AvgIpc) is 2.48. The number of rotatable bonds is 6. The normalized spacial score (nSPS) is 12.2. The maximum atomic E-state index is 10.1.